The van der Waals surface area contributed by atoms with Crippen LogP contribution in [0.15, 0.2) is 334 Å². The highest BCUT2D eigenvalue weighted by molar-refractivity contribution is 6.26. The predicted molar refractivity (Wildman–Crippen MR) is 422 cm³/mol. The third-order valence-corrected chi connectivity index (χ3v) is 21.7. The molecule has 102 heavy (non-hydrogen) atoms. The van der Waals surface area contributed by atoms with E-state index < -0.39 is 0 Å². The van der Waals surface area contributed by atoms with Crippen LogP contribution in [-0.4, -0.2) is 22.8 Å². The molecule has 0 unspecified atom stereocenters. The monoisotopic (exact) mass is 1300 g/mol. The number of nitrogens with zero attached hydrogens (tertiary/aromatic N) is 7. The van der Waals surface area contributed by atoms with Crippen molar-refractivity contribution in [2.45, 2.75) is 19.3 Å². The molecule has 0 amide bonds. The van der Waals surface area contributed by atoms with Gasteiger partial charge in [0, 0.05) is 87.3 Å². The summed E-state index contributed by atoms with van der Waals surface area (Å²) in [6.45, 7) is 4.65. The van der Waals surface area contributed by atoms with Gasteiger partial charge in [-0.05, 0) is 131 Å². The highest BCUT2D eigenvalue weighted by Gasteiger charge is 2.37. The summed E-state index contributed by atoms with van der Waals surface area (Å²) in [5.74, 6) is 0. The molecule has 0 bridgehead atoms. The van der Waals surface area contributed by atoms with Crippen molar-refractivity contribution in [3.8, 4) is 74.0 Å². The van der Waals surface area contributed by atoms with Crippen LogP contribution in [-0.2, 0) is 5.41 Å². The van der Waals surface area contributed by atoms with Crippen LogP contribution in [0.1, 0.15) is 36.1 Å². The Balaban J connectivity index is 0.000000137. The maximum atomic E-state index is 10.8. The smallest absolute Gasteiger partial charge is 0.101 e. The number of hydrogen-bond acceptors (Lipinski definition) is 2. The molecule has 476 valence electrons. The van der Waals surface area contributed by atoms with Gasteiger partial charge in [0.15, 0.2) is 0 Å². The number of nitriles is 2. The molecule has 7 heteroatoms. The fourth-order valence-electron chi connectivity index (χ4n) is 17.3. The topological polar surface area (TPSA) is 72.2 Å². The van der Waals surface area contributed by atoms with Crippen LogP contribution < -0.4 is 0 Å². The summed E-state index contributed by atoms with van der Waals surface area (Å²) in [6.07, 6.45) is 0. The van der Waals surface area contributed by atoms with E-state index in [4.69, 9.17) is 0 Å². The fourth-order valence-corrected chi connectivity index (χ4v) is 17.3. The lowest BCUT2D eigenvalue weighted by molar-refractivity contribution is 0.661. The molecule has 21 rings (SSSR count). The Hall–Kier alpha value is -13.7. The summed E-state index contributed by atoms with van der Waals surface area (Å²) in [7, 11) is 0. The van der Waals surface area contributed by atoms with Crippen LogP contribution in [0.2, 0.25) is 0 Å². The molecule has 0 spiro atoms. The summed E-state index contributed by atoms with van der Waals surface area (Å²) in [5, 5.41) is 33.7. The van der Waals surface area contributed by atoms with Gasteiger partial charge in [-0.3, -0.25) is 0 Å². The van der Waals surface area contributed by atoms with E-state index in [0.717, 1.165) is 94.8 Å². The fraction of sp³-hybridized carbons (Fsp3) is 0.0316. The minimum atomic E-state index is -0.0907. The van der Waals surface area contributed by atoms with E-state index >= 15 is 0 Å². The summed E-state index contributed by atoms with van der Waals surface area (Å²) in [4.78, 5) is 0. The molecule has 1 aliphatic rings. The lowest BCUT2D eigenvalue weighted by Crippen LogP contribution is -2.14. The van der Waals surface area contributed by atoms with Gasteiger partial charge in [-0.25, -0.2) is 0 Å². The van der Waals surface area contributed by atoms with Crippen molar-refractivity contribution >= 4 is 109 Å². The molecule has 0 atom stereocenters. The van der Waals surface area contributed by atoms with Gasteiger partial charge < -0.3 is 22.8 Å². The van der Waals surface area contributed by atoms with Crippen LogP contribution in [0.3, 0.4) is 0 Å². The molecule has 0 saturated carbocycles. The molecule has 5 aromatic heterocycles. The Morgan fingerprint density at radius 2 is 0.686 bits per heavy atom. The zero-order valence-corrected chi connectivity index (χ0v) is 55.9. The van der Waals surface area contributed by atoms with Gasteiger partial charge in [0.2, 0.25) is 0 Å². The second kappa shape index (κ2) is 22.7. The Labute approximate surface area is 587 Å². The number of fused-ring (bicyclic) bond motifs is 20. The molecule has 7 nitrogen and oxygen atoms in total. The molecule has 5 heterocycles. The maximum Gasteiger partial charge on any atom is 0.101 e. The van der Waals surface area contributed by atoms with E-state index in [2.05, 4.69) is 382 Å². The van der Waals surface area contributed by atoms with Gasteiger partial charge in [0.1, 0.15) is 6.07 Å². The normalized spacial score (nSPS) is 12.5. The predicted octanol–water partition coefficient (Wildman–Crippen LogP) is 24.2. The minimum absolute atomic E-state index is 0.0907. The lowest BCUT2D eigenvalue weighted by Gasteiger charge is -2.21. The molecular weight excluding hydrogens is 1240 g/mol. The van der Waals surface area contributed by atoms with Crippen molar-refractivity contribution in [1.82, 2.24) is 22.8 Å². The zero-order valence-electron chi connectivity index (χ0n) is 55.9. The Morgan fingerprint density at radius 1 is 0.255 bits per heavy atom. The third-order valence-electron chi connectivity index (χ3n) is 21.7. The largest absolute Gasteiger partial charge is 0.309 e. The second-order valence-corrected chi connectivity index (χ2v) is 27.3. The zero-order chi connectivity index (χ0) is 67.9. The van der Waals surface area contributed by atoms with Crippen molar-refractivity contribution < 1.29 is 0 Å². The first-order chi connectivity index (χ1) is 50.4. The first kappa shape index (κ1) is 58.4. The van der Waals surface area contributed by atoms with E-state index in [-0.39, 0.29) is 5.41 Å². The average molecular weight is 1300 g/mol. The van der Waals surface area contributed by atoms with Gasteiger partial charge in [-0.1, -0.05) is 244 Å². The standard InChI is InChI=1S/C49H30N4.C46H31N3/c50-31-32-30-34(26-27-35(32)36-16-4-10-22-43(36)53-44-23-11-5-17-37(44)38-18-6-12-24-45(38)53)51-46-25-13-8-20-41(46)48-47(51)29-28-40-39-19-7-9-21-42(39)52(49(40)48)33-14-2-1-3-15-33;1-46(2)36-18-8-3-16-34(36)44-37(46)24-26-43-45(44)35-17-7-12-22-42(35)48(43)38-25-23-29(27-30(38)28-47)31-13-4-9-19-39(31)49-40-20-10-5-14-32(40)33-15-6-11-21-41(33)49/h1-30H;3-27H,1-2H3. The molecule has 0 aliphatic heterocycles. The summed E-state index contributed by atoms with van der Waals surface area (Å²) < 4.78 is 11.7. The molecule has 0 saturated heterocycles. The van der Waals surface area contributed by atoms with Crippen LogP contribution in [0.4, 0.5) is 0 Å². The Bertz CT molecular complexity index is 6900. The highest BCUT2D eigenvalue weighted by atomic mass is 15.0. The number of hydrogen-bond donors (Lipinski definition) is 0. The first-order valence-electron chi connectivity index (χ1n) is 34.8. The summed E-state index contributed by atoms with van der Waals surface area (Å²) in [5.41, 5.74) is 27.0. The van der Waals surface area contributed by atoms with Crippen LogP contribution in [0, 0.1) is 22.7 Å². The van der Waals surface area contributed by atoms with Crippen LogP contribution in [0.5, 0.6) is 0 Å². The van der Waals surface area contributed by atoms with Crippen molar-refractivity contribution in [2.24, 2.45) is 0 Å². The molecular formula is C95H61N7. The lowest BCUT2D eigenvalue weighted by atomic mass is 9.82. The van der Waals surface area contributed by atoms with E-state index in [1.165, 1.54) is 87.1 Å². The number of rotatable bonds is 7. The maximum absolute atomic E-state index is 10.8. The summed E-state index contributed by atoms with van der Waals surface area (Å²) >= 11 is 0. The van der Waals surface area contributed by atoms with Crippen LogP contribution >= 0.6 is 0 Å². The van der Waals surface area contributed by atoms with Crippen molar-refractivity contribution in [3.63, 3.8) is 0 Å². The summed E-state index contributed by atoms with van der Waals surface area (Å²) in [6, 6.07) is 124. The SMILES string of the molecule is CC1(C)c2ccccc2-c2c1ccc1c2c2ccccc2n1-c1ccc(-c2ccccc2-n2c3ccccc3c3ccccc32)cc1C#N.N#Cc1cc(-n2c3ccccc3c3c2ccc2c4ccccc4n(-c4ccccc4)c23)ccc1-c1ccccc1-n1c2ccccc2c2ccccc21. The third kappa shape index (κ3) is 8.46. The van der Waals surface area contributed by atoms with E-state index in [1.54, 1.807) is 0 Å². The number of benzene rings is 15. The Kier molecular flexibility index (Phi) is 13.0. The van der Waals surface area contributed by atoms with Crippen molar-refractivity contribution in [1.29, 1.82) is 10.5 Å². The second-order valence-electron chi connectivity index (χ2n) is 27.3. The molecule has 1 aliphatic carbocycles. The van der Waals surface area contributed by atoms with E-state index in [1.807, 2.05) is 0 Å². The van der Waals surface area contributed by atoms with Gasteiger partial charge in [0.05, 0.1) is 89.4 Å². The highest BCUT2D eigenvalue weighted by Crippen LogP contribution is 2.54. The van der Waals surface area contributed by atoms with Gasteiger partial charge in [-0.2, -0.15) is 10.5 Å². The van der Waals surface area contributed by atoms with Gasteiger partial charge >= 0.3 is 0 Å². The first-order valence-corrected chi connectivity index (χ1v) is 34.8. The average Bonchev–Trinajstić information content (AvgIpc) is 1.55. The molecule has 0 radical (unpaired) electrons. The number of aromatic nitrogens is 5. The van der Waals surface area contributed by atoms with Gasteiger partial charge in [-0.15, -0.1) is 0 Å². The Morgan fingerprint density at radius 3 is 1.27 bits per heavy atom. The van der Waals surface area contributed by atoms with E-state index in [9.17, 15) is 10.5 Å². The quantitative estimate of drug-likeness (QED) is 0.159. The molecule has 15 aromatic carbocycles. The number of para-hydroxylation sites is 10. The molecule has 0 fully saturated rings. The van der Waals surface area contributed by atoms with Crippen LogP contribution in [0.25, 0.3) is 171 Å². The molecule has 20 aromatic rings. The minimum Gasteiger partial charge on any atom is -0.309 e. The van der Waals surface area contributed by atoms with Crippen molar-refractivity contribution in [3.05, 3.63) is 356 Å². The van der Waals surface area contributed by atoms with Gasteiger partial charge in [0.25, 0.3) is 0 Å². The van der Waals surface area contributed by atoms with E-state index in [0.29, 0.717) is 11.1 Å². The molecule has 0 N–H and O–H groups in total. The van der Waals surface area contributed by atoms with Crippen molar-refractivity contribution in [2.75, 3.05) is 0 Å².